The quantitative estimate of drug-likeness (QED) is 0.341. The van der Waals surface area contributed by atoms with Gasteiger partial charge in [0.15, 0.2) is 0 Å². The standard InChI is InChI=1S/C30H32F2N2O2S/c31-25-16-14-23(15-17-25)20-37-21-29(35)34(19-24-10-4-7-13-27(24)32)28(18-22-8-2-1-3-9-22)30(36)33-26-11-5-6-12-26/h1-4,7-10,13-17,26,28H,5-6,11-12,18-21H2,(H,33,36). The van der Waals surface area contributed by atoms with Crippen molar-refractivity contribution >= 4 is 23.6 Å². The Morgan fingerprint density at radius 2 is 1.57 bits per heavy atom. The smallest absolute Gasteiger partial charge is 0.243 e. The lowest BCUT2D eigenvalue weighted by molar-refractivity contribution is -0.139. The van der Waals surface area contributed by atoms with E-state index in [1.807, 2.05) is 30.3 Å². The van der Waals surface area contributed by atoms with Crippen LogP contribution in [0.1, 0.15) is 42.4 Å². The summed E-state index contributed by atoms with van der Waals surface area (Å²) in [5.41, 5.74) is 2.20. The second-order valence-electron chi connectivity index (χ2n) is 9.43. The molecule has 4 nitrogen and oxygen atoms in total. The molecule has 1 aliphatic carbocycles. The molecule has 7 heteroatoms. The van der Waals surface area contributed by atoms with E-state index >= 15 is 0 Å². The summed E-state index contributed by atoms with van der Waals surface area (Å²) in [6.45, 7) is -0.00178. The molecule has 3 aromatic carbocycles. The van der Waals surface area contributed by atoms with E-state index in [1.54, 1.807) is 30.3 Å². The average Bonchev–Trinajstić information content (AvgIpc) is 3.42. The average molecular weight is 523 g/mol. The number of hydrogen-bond acceptors (Lipinski definition) is 3. The van der Waals surface area contributed by atoms with Crippen LogP contribution in [0.5, 0.6) is 0 Å². The van der Waals surface area contributed by atoms with Crippen LogP contribution >= 0.6 is 11.8 Å². The number of thioether (sulfide) groups is 1. The summed E-state index contributed by atoms with van der Waals surface area (Å²) in [6.07, 6.45) is 4.35. The minimum Gasteiger partial charge on any atom is -0.352 e. The molecule has 0 radical (unpaired) electrons. The predicted octanol–water partition coefficient (Wildman–Crippen LogP) is 5.90. The Labute approximate surface area is 221 Å². The van der Waals surface area contributed by atoms with Gasteiger partial charge in [0.25, 0.3) is 0 Å². The number of benzene rings is 3. The van der Waals surface area contributed by atoms with Crippen molar-refractivity contribution in [2.75, 3.05) is 5.75 Å². The number of carbonyl (C=O) groups is 2. The summed E-state index contributed by atoms with van der Waals surface area (Å²) in [4.78, 5) is 28.8. The van der Waals surface area contributed by atoms with Gasteiger partial charge in [-0.2, -0.15) is 0 Å². The minimum atomic E-state index is -0.776. The largest absolute Gasteiger partial charge is 0.352 e. The van der Waals surface area contributed by atoms with Gasteiger partial charge < -0.3 is 10.2 Å². The summed E-state index contributed by atoms with van der Waals surface area (Å²) in [5.74, 6) is -0.515. The molecule has 37 heavy (non-hydrogen) atoms. The zero-order chi connectivity index (χ0) is 26.0. The van der Waals surface area contributed by atoms with Crippen molar-refractivity contribution in [3.63, 3.8) is 0 Å². The highest BCUT2D eigenvalue weighted by Crippen LogP contribution is 2.22. The Hall–Kier alpha value is -3.19. The summed E-state index contributed by atoms with van der Waals surface area (Å²) >= 11 is 1.39. The third-order valence-corrected chi connectivity index (χ3v) is 7.67. The summed E-state index contributed by atoms with van der Waals surface area (Å²) in [5, 5.41) is 3.15. The first-order valence-electron chi connectivity index (χ1n) is 12.7. The fraction of sp³-hybridized carbons (Fsp3) is 0.333. The highest BCUT2D eigenvalue weighted by molar-refractivity contribution is 7.99. The Balaban J connectivity index is 1.56. The molecule has 0 aliphatic heterocycles. The van der Waals surface area contributed by atoms with Crippen molar-refractivity contribution in [3.8, 4) is 0 Å². The fourth-order valence-corrected chi connectivity index (χ4v) is 5.52. The highest BCUT2D eigenvalue weighted by Gasteiger charge is 2.32. The van der Waals surface area contributed by atoms with Crippen molar-refractivity contribution in [1.82, 2.24) is 10.2 Å². The molecular formula is C30H32F2N2O2S. The number of halogens is 2. The zero-order valence-corrected chi connectivity index (χ0v) is 21.6. The molecule has 1 unspecified atom stereocenters. The third-order valence-electron chi connectivity index (χ3n) is 6.68. The van der Waals surface area contributed by atoms with E-state index in [0.29, 0.717) is 17.7 Å². The van der Waals surface area contributed by atoms with Crippen LogP contribution < -0.4 is 5.32 Å². The lowest BCUT2D eigenvalue weighted by atomic mass is 10.0. The normalized spacial score (nSPS) is 14.3. The van der Waals surface area contributed by atoms with Crippen molar-refractivity contribution in [2.45, 2.75) is 56.5 Å². The Morgan fingerprint density at radius 3 is 2.27 bits per heavy atom. The SMILES string of the molecule is O=C(NC1CCCC1)C(Cc1ccccc1)N(Cc1ccccc1F)C(=O)CSCc1ccc(F)cc1. The second-order valence-corrected chi connectivity index (χ2v) is 10.4. The molecule has 0 saturated heterocycles. The lowest BCUT2D eigenvalue weighted by Crippen LogP contribution is -2.52. The van der Waals surface area contributed by atoms with Gasteiger partial charge in [-0.15, -0.1) is 11.8 Å². The number of nitrogens with zero attached hydrogens (tertiary/aromatic N) is 1. The van der Waals surface area contributed by atoms with E-state index < -0.39 is 11.9 Å². The summed E-state index contributed by atoms with van der Waals surface area (Å²) < 4.78 is 27.9. The summed E-state index contributed by atoms with van der Waals surface area (Å²) in [7, 11) is 0. The number of nitrogens with one attached hydrogen (secondary N) is 1. The predicted molar refractivity (Wildman–Crippen MR) is 144 cm³/mol. The van der Waals surface area contributed by atoms with Gasteiger partial charge in [0.1, 0.15) is 17.7 Å². The summed E-state index contributed by atoms with van der Waals surface area (Å²) in [6, 6.07) is 21.4. The first-order valence-corrected chi connectivity index (χ1v) is 13.8. The number of rotatable bonds is 11. The fourth-order valence-electron chi connectivity index (χ4n) is 4.65. The third kappa shape index (κ3) is 7.89. The molecule has 0 heterocycles. The van der Waals surface area contributed by atoms with E-state index in [4.69, 9.17) is 0 Å². The van der Waals surface area contributed by atoms with Gasteiger partial charge in [0.05, 0.1) is 5.75 Å². The van der Waals surface area contributed by atoms with Crippen LogP contribution in [0.15, 0.2) is 78.9 Å². The van der Waals surface area contributed by atoms with Crippen molar-refractivity contribution < 1.29 is 18.4 Å². The maximum absolute atomic E-state index is 14.7. The van der Waals surface area contributed by atoms with Gasteiger partial charge in [0.2, 0.25) is 11.8 Å². The van der Waals surface area contributed by atoms with Gasteiger partial charge in [-0.05, 0) is 42.2 Å². The van der Waals surface area contributed by atoms with Crippen molar-refractivity contribution in [1.29, 1.82) is 0 Å². The molecule has 0 aromatic heterocycles. The van der Waals surface area contributed by atoms with E-state index in [1.165, 1.54) is 34.9 Å². The van der Waals surface area contributed by atoms with Crippen molar-refractivity contribution in [2.24, 2.45) is 0 Å². The van der Waals surface area contributed by atoms with E-state index in [-0.39, 0.29) is 36.0 Å². The van der Waals surface area contributed by atoms with Crippen LogP contribution in [-0.4, -0.2) is 34.6 Å². The lowest BCUT2D eigenvalue weighted by Gasteiger charge is -2.32. The number of amides is 2. The molecule has 1 atom stereocenters. The molecule has 2 amide bonds. The number of carbonyl (C=O) groups excluding carboxylic acids is 2. The molecule has 0 spiro atoms. The van der Waals surface area contributed by atoms with Crippen LogP contribution in [0.25, 0.3) is 0 Å². The van der Waals surface area contributed by atoms with E-state index in [9.17, 15) is 18.4 Å². The van der Waals surface area contributed by atoms with Gasteiger partial charge in [0, 0.05) is 30.3 Å². The molecule has 1 saturated carbocycles. The maximum atomic E-state index is 14.7. The van der Waals surface area contributed by atoms with Gasteiger partial charge in [-0.1, -0.05) is 73.5 Å². The Bertz CT molecular complexity index is 1170. The Morgan fingerprint density at radius 1 is 0.892 bits per heavy atom. The molecule has 0 bridgehead atoms. The highest BCUT2D eigenvalue weighted by atomic mass is 32.2. The first kappa shape index (κ1) is 26.9. The molecule has 1 N–H and O–H groups in total. The van der Waals surface area contributed by atoms with Crippen LogP contribution in [0.2, 0.25) is 0 Å². The minimum absolute atomic E-state index is 0.00178. The van der Waals surface area contributed by atoms with Crippen LogP contribution in [0, 0.1) is 11.6 Å². The maximum Gasteiger partial charge on any atom is 0.243 e. The van der Waals surface area contributed by atoms with E-state index in [0.717, 1.165) is 36.8 Å². The van der Waals surface area contributed by atoms with Gasteiger partial charge >= 0.3 is 0 Å². The molecule has 194 valence electrons. The van der Waals surface area contributed by atoms with Crippen LogP contribution in [-0.2, 0) is 28.3 Å². The number of hydrogen-bond donors (Lipinski definition) is 1. The molecule has 1 fully saturated rings. The monoisotopic (exact) mass is 522 g/mol. The van der Waals surface area contributed by atoms with Crippen molar-refractivity contribution in [3.05, 3.63) is 107 Å². The molecular weight excluding hydrogens is 490 g/mol. The first-order chi connectivity index (χ1) is 18.0. The zero-order valence-electron chi connectivity index (χ0n) is 20.7. The molecule has 4 rings (SSSR count). The Kier molecular flexibility index (Phi) is 9.71. The second kappa shape index (κ2) is 13.4. The van der Waals surface area contributed by atoms with Crippen LogP contribution in [0.4, 0.5) is 8.78 Å². The molecule has 1 aliphatic rings. The van der Waals surface area contributed by atoms with Gasteiger partial charge in [-0.3, -0.25) is 9.59 Å². The molecule has 3 aromatic rings. The topological polar surface area (TPSA) is 49.4 Å². The van der Waals surface area contributed by atoms with Crippen LogP contribution in [0.3, 0.4) is 0 Å². The van der Waals surface area contributed by atoms with E-state index in [2.05, 4.69) is 5.32 Å². The van der Waals surface area contributed by atoms with Gasteiger partial charge in [-0.25, -0.2) is 8.78 Å².